The van der Waals surface area contributed by atoms with E-state index in [2.05, 4.69) is 0 Å². The van der Waals surface area contributed by atoms with Gasteiger partial charge in [0.2, 0.25) is 0 Å². The molecule has 2 aliphatic heterocycles. The fourth-order valence-corrected chi connectivity index (χ4v) is 4.01. The number of nitrogens with zero attached hydrogens (tertiary/aromatic N) is 1. The highest BCUT2D eigenvalue weighted by Crippen LogP contribution is 2.40. The lowest BCUT2D eigenvalue weighted by molar-refractivity contribution is -0.140. The Hall–Kier alpha value is -3.12. The van der Waals surface area contributed by atoms with Crippen LogP contribution in [-0.4, -0.2) is 48.1 Å². The molecule has 4 rings (SSSR count). The summed E-state index contributed by atoms with van der Waals surface area (Å²) in [7, 11) is 1.54. The number of methoxy groups -OCH3 is 1. The van der Waals surface area contributed by atoms with E-state index >= 15 is 0 Å². The molecule has 6 heteroatoms. The first kappa shape index (κ1) is 19.2. The summed E-state index contributed by atoms with van der Waals surface area (Å²) in [5.41, 5.74) is 2.35. The number of ether oxygens (including phenoxy) is 2. The average Bonchev–Trinajstić information content (AvgIpc) is 3.22. The quantitative estimate of drug-likeness (QED) is 0.480. The van der Waals surface area contributed by atoms with E-state index in [4.69, 9.17) is 9.47 Å². The Balaban J connectivity index is 1.82. The predicted octanol–water partition coefficient (Wildman–Crippen LogP) is 3.08. The second kappa shape index (κ2) is 7.72. The number of hydrogen-bond acceptors (Lipinski definition) is 5. The van der Waals surface area contributed by atoms with Gasteiger partial charge in [-0.2, -0.15) is 0 Å². The Kier molecular flexibility index (Phi) is 5.11. The first-order valence-corrected chi connectivity index (χ1v) is 9.63. The number of carbonyl (C=O) groups is 2. The molecule has 2 aromatic rings. The number of carbonyl (C=O) groups excluding carboxylic acids is 2. The second-order valence-corrected chi connectivity index (χ2v) is 7.35. The summed E-state index contributed by atoms with van der Waals surface area (Å²) in [6.45, 7) is 2.54. The summed E-state index contributed by atoms with van der Waals surface area (Å²) in [6.07, 6.45) is 0.812. The number of aliphatic hydroxyl groups excluding tert-OH is 1. The van der Waals surface area contributed by atoms with E-state index in [0.29, 0.717) is 12.2 Å². The molecule has 0 saturated carbocycles. The molecule has 2 aliphatic rings. The fourth-order valence-electron chi connectivity index (χ4n) is 4.01. The van der Waals surface area contributed by atoms with E-state index in [1.165, 1.54) is 4.90 Å². The standard InChI is InChI=1S/C23H23NO5/c1-14-12-17-13-16(8-9-18(17)29-14)21(25)19-20(15-6-4-3-5-7-15)24(10-11-28-2)23(27)22(19)26/h3-9,13-14,20,25H,10-12H2,1-2H3. The Bertz CT molecular complexity index is 982. The summed E-state index contributed by atoms with van der Waals surface area (Å²) >= 11 is 0. The van der Waals surface area contributed by atoms with E-state index in [0.717, 1.165) is 23.3 Å². The van der Waals surface area contributed by atoms with Crippen molar-refractivity contribution in [2.75, 3.05) is 20.3 Å². The van der Waals surface area contributed by atoms with Crippen LogP contribution in [0, 0.1) is 0 Å². The van der Waals surface area contributed by atoms with Gasteiger partial charge in [0.05, 0.1) is 18.2 Å². The molecular weight excluding hydrogens is 370 g/mol. The van der Waals surface area contributed by atoms with Crippen molar-refractivity contribution in [2.45, 2.75) is 25.5 Å². The molecule has 1 amide bonds. The molecule has 1 saturated heterocycles. The Morgan fingerprint density at radius 1 is 1.21 bits per heavy atom. The van der Waals surface area contributed by atoms with Gasteiger partial charge in [-0.15, -0.1) is 0 Å². The minimum absolute atomic E-state index is 0.0753. The SMILES string of the molecule is COCCN1C(=O)C(=O)C(=C(O)c2ccc3c(c2)CC(C)O3)C1c1ccccc1. The van der Waals surface area contributed by atoms with Crippen molar-refractivity contribution in [2.24, 2.45) is 0 Å². The van der Waals surface area contributed by atoms with Crippen molar-refractivity contribution in [3.05, 3.63) is 70.8 Å². The second-order valence-electron chi connectivity index (χ2n) is 7.35. The lowest BCUT2D eigenvalue weighted by atomic mass is 9.94. The number of aliphatic hydroxyl groups is 1. The molecule has 2 aromatic carbocycles. The first-order chi connectivity index (χ1) is 14.0. The minimum Gasteiger partial charge on any atom is -0.507 e. The van der Waals surface area contributed by atoms with Gasteiger partial charge in [0, 0.05) is 25.6 Å². The molecule has 0 spiro atoms. The van der Waals surface area contributed by atoms with Crippen molar-refractivity contribution < 1.29 is 24.2 Å². The highest BCUT2D eigenvalue weighted by atomic mass is 16.5. The summed E-state index contributed by atoms with van der Waals surface area (Å²) < 4.78 is 10.8. The van der Waals surface area contributed by atoms with Crippen LogP contribution in [0.5, 0.6) is 5.75 Å². The normalized spacial score (nSPS) is 22.6. The fraction of sp³-hybridized carbons (Fsp3) is 0.304. The van der Waals surface area contributed by atoms with Gasteiger partial charge in [-0.3, -0.25) is 9.59 Å². The van der Waals surface area contributed by atoms with Crippen molar-refractivity contribution >= 4 is 17.4 Å². The summed E-state index contributed by atoms with van der Waals surface area (Å²) in [6, 6.07) is 14.0. The van der Waals surface area contributed by atoms with Crippen molar-refractivity contribution in [1.29, 1.82) is 0 Å². The van der Waals surface area contributed by atoms with Crippen LogP contribution >= 0.6 is 0 Å². The molecule has 1 N–H and O–H groups in total. The molecule has 6 nitrogen and oxygen atoms in total. The molecular formula is C23H23NO5. The van der Waals surface area contributed by atoms with Gasteiger partial charge >= 0.3 is 0 Å². The maximum absolute atomic E-state index is 12.9. The maximum atomic E-state index is 12.9. The molecule has 29 heavy (non-hydrogen) atoms. The van der Waals surface area contributed by atoms with Crippen molar-refractivity contribution in [1.82, 2.24) is 4.90 Å². The third-order valence-electron chi connectivity index (χ3n) is 5.36. The molecule has 0 aromatic heterocycles. The molecule has 0 radical (unpaired) electrons. The first-order valence-electron chi connectivity index (χ1n) is 9.63. The van der Waals surface area contributed by atoms with Crippen LogP contribution < -0.4 is 4.74 Å². The van der Waals surface area contributed by atoms with E-state index in [1.807, 2.05) is 43.3 Å². The number of ketones is 1. The van der Waals surface area contributed by atoms with Crippen LogP contribution in [0.3, 0.4) is 0 Å². The number of hydrogen-bond donors (Lipinski definition) is 1. The molecule has 2 atom stereocenters. The van der Waals surface area contributed by atoms with Crippen LogP contribution in [0.4, 0.5) is 0 Å². The van der Waals surface area contributed by atoms with E-state index in [-0.39, 0.29) is 24.0 Å². The lowest BCUT2D eigenvalue weighted by Crippen LogP contribution is -2.32. The smallest absolute Gasteiger partial charge is 0.295 e. The Morgan fingerprint density at radius 2 is 1.97 bits per heavy atom. The Morgan fingerprint density at radius 3 is 2.69 bits per heavy atom. The topological polar surface area (TPSA) is 76.1 Å². The number of Topliss-reactive ketones (excluding diaryl/α,β-unsaturated/α-hetero) is 1. The van der Waals surface area contributed by atoms with Crippen LogP contribution in [0.2, 0.25) is 0 Å². The minimum atomic E-state index is -0.683. The van der Waals surface area contributed by atoms with Crippen LogP contribution in [0.1, 0.15) is 29.7 Å². The average molecular weight is 393 g/mol. The molecule has 0 aliphatic carbocycles. The number of rotatable bonds is 5. The zero-order valence-electron chi connectivity index (χ0n) is 16.4. The lowest BCUT2D eigenvalue weighted by Gasteiger charge is -2.25. The van der Waals surface area contributed by atoms with Gasteiger partial charge in [-0.05, 0) is 36.2 Å². The van der Waals surface area contributed by atoms with Crippen LogP contribution in [-0.2, 0) is 20.7 Å². The zero-order valence-corrected chi connectivity index (χ0v) is 16.4. The third-order valence-corrected chi connectivity index (χ3v) is 5.36. The van der Waals surface area contributed by atoms with Crippen LogP contribution in [0.25, 0.3) is 5.76 Å². The number of amides is 1. The monoisotopic (exact) mass is 393 g/mol. The highest BCUT2D eigenvalue weighted by molar-refractivity contribution is 6.46. The van der Waals surface area contributed by atoms with E-state index < -0.39 is 17.7 Å². The molecule has 2 unspecified atom stereocenters. The van der Waals surface area contributed by atoms with Gasteiger partial charge in [0.25, 0.3) is 11.7 Å². The largest absolute Gasteiger partial charge is 0.507 e. The van der Waals surface area contributed by atoms with E-state index in [9.17, 15) is 14.7 Å². The Labute approximate surface area is 169 Å². The summed E-state index contributed by atoms with van der Waals surface area (Å²) in [5, 5.41) is 11.1. The highest BCUT2D eigenvalue weighted by Gasteiger charge is 2.45. The summed E-state index contributed by atoms with van der Waals surface area (Å²) in [5.74, 6) is -0.693. The number of fused-ring (bicyclic) bond motifs is 1. The molecule has 150 valence electrons. The van der Waals surface area contributed by atoms with Crippen LogP contribution in [0.15, 0.2) is 54.1 Å². The molecule has 2 heterocycles. The summed E-state index contributed by atoms with van der Waals surface area (Å²) in [4.78, 5) is 27.1. The van der Waals surface area contributed by atoms with Gasteiger partial charge in [0.15, 0.2) is 0 Å². The van der Waals surface area contributed by atoms with Crippen molar-refractivity contribution in [3.8, 4) is 5.75 Å². The third kappa shape index (κ3) is 3.40. The van der Waals surface area contributed by atoms with Gasteiger partial charge in [-0.1, -0.05) is 30.3 Å². The molecule has 0 bridgehead atoms. The van der Waals surface area contributed by atoms with Gasteiger partial charge in [0.1, 0.15) is 17.6 Å². The number of likely N-dealkylation sites (tertiary alicyclic amines) is 1. The maximum Gasteiger partial charge on any atom is 0.295 e. The van der Waals surface area contributed by atoms with Gasteiger partial charge in [-0.25, -0.2) is 0 Å². The zero-order chi connectivity index (χ0) is 20.5. The molecule has 1 fully saturated rings. The van der Waals surface area contributed by atoms with Crippen molar-refractivity contribution in [3.63, 3.8) is 0 Å². The van der Waals surface area contributed by atoms with E-state index in [1.54, 1.807) is 19.2 Å². The predicted molar refractivity (Wildman–Crippen MR) is 108 cm³/mol. The number of benzene rings is 2. The van der Waals surface area contributed by atoms with Gasteiger partial charge < -0.3 is 19.5 Å².